The van der Waals surface area contributed by atoms with E-state index < -0.39 is 10.0 Å². The van der Waals surface area contributed by atoms with Gasteiger partial charge in [0.2, 0.25) is 15.9 Å². The summed E-state index contributed by atoms with van der Waals surface area (Å²) in [6.07, 6.45) is 5.05. The topological polar surface area (TPSA) is 89.3 Å². The number of primary sulfonamides is 1. The fourth-order valence-corrected chi connectivity index (χ4v) is 4.42. The van der Waals surface area contributed by atoms with Crippen LogP contribution in [0.5, 0.6) is 0 Å². The van der Waals surface area contributed by atoms with Crippen molar-refractivity contribution in [1.29, 1.82) is 0 Å². The second-order valence-corrected chi connectivity index (χ2v) is 8.30. The number of carbonyl (C=O) groups is 1. The lowest BCUT2D eigenvalue weighted by Crippen LogP contribution is -2.37. The van der Waals surface area contributed by atoms with E-state index in [1.54, 1.807) is 6.07 Å². The molecule has 1 saturated carbocycles. The third-order valence-electron chi connectivity index (χ3n) is 3.75. The molecule has 0 radical (unpaired) electrons. The number of nitrogens with two attached hydrogens (primary N) is 1. The first-order chi connectivity index (χ1) is 9.36. The average molecular weight is 316 g/mol. The number of rotatable bonds is 5. The summed E-state index contributed by atoms with van der Waals surface area (Å²) in [5.74, 6) is 0.509. The summed E-state index contributed by atoms with van der Waals surface area (Å²) in [6.45, 7) is 2.04. The molecule has 5 nitrogen and oxygen atoms in total. The highest BCUT2D eigenvalue weighted by Crippen LogP contribution is 2.27. The molecule has 2 rings (SSSR count). The van der Waals surface area contributed by atoms with Gasteiger partial charge in [-0.15, -0.1) is 11.3 Å². The maximum absolute atomic E-state index is 12.0. The van der Waals surface area contributed by atoms with Gasteiger partial charge in [0.05, 0.1) is 6.42 Å². The highest BCUT2D eigenvalue weighted by molar-refractivity contribution is 7.91. The molecule has 0 spiro atoms. The molecule has 0 aliphatic heterocycles. The SMILES string of the molecule is CC(NC(=O)Cc1ccc(S(N)(=O)=O)s1)C1CCCC1. The molecule has 1 aliphatic rings. The van der Waals surface area contributed by atoms with Crippen molar-refractivity contribution < 1.29 is 13.2 Å². The van der Waals surface area contributed by atoms with Crippen LogP contribution in [-0.4, -0.2) is 20.4 Å². The summed E-state index contributed by atoms with van der Waals surface area (Å²) >= 11 is 1.05. The van der Waals surface area contributed by atoms with Crippen molar-refractivity contribution in [2.75, 3.05) is 0 Å². The van der Waals surface area contributed by atoms with E-state index in [-0.39, 0.29) is 22.6 Å². The van der Waals surface area contributed by atoms with Gasteiger partial charge in [0.25, 0.3) is 0 Å². The normalized spacial score (nSPS) is 18.1. The molecule has 1 unspecified atom stereocenters. The van der Waals surface area contributed by atoms with Crippen LogP contribution in [0.4, 0.5) is 0 Å². The fourth-order valence-electron chi connectivity index (χ4n) is 2.64. The first-order valence-corrected chi connectivity index (χ1v) is 9.13. The van der Waals surface area contributed by atoms with Crippen LogP contribution >= 0.6 is 11.3 Å². The Morgan fingerprint density at radius 3 is 2.65 bits per heavy atom. The Morgan fingerprint density at radius 2 is 2.10 bits per heavy atom. The van der Waals surface area contributed by atoms with Crippen LogP contribution in [0.1, 0.15) is 37.5 Å². The van der Waals surface area contributed by atoms with Gasteiger partial charge >= 0.3 is 0 Å². The third-order valence-corrected chi connectivity index (χ3v) is 6.27. The Morgan fingerprint density at radius 1 is 1.45 bits per heavy atom. The first kappa shape index (κ1) is 15.5. The minimum atomic E-state index is -3.67. The molecule has 1 heterocycles. The molecule has 0 saturated heterocycles. The highest BCUT2D eigenvalue weighted by atomic mass is 32.2. The van der Waals surface area contributed by atoms with Gasteiger partial charge in [-0.3, -0.25) is 4.79 Å². The van der Waals surface area contributed by atoms with Gasteiger partial charge in [0.1, 0.15) is 4.21 Å². The molecule has 0 bridgehead atoms. The number of amides is 1. The summed E-state index contributed by atoms with van der Waals surface area (Å²) in [4.78, 5) is 12.7. The molecule has 112 valence electrons. The zero-order valence-electron chi connectivity index (χ0n) is 11.5. The molecule has 1 amide bonds. The number of thiophene rings is 1. The van der Waals surface area contributed by atoms with Crippen molar-refractivity contribution in [3.63, 3.8) is 0 Å². The lowest BCUT2D eigenvalue weighted by Gasteiger charge is -2.20. The van der Waals surface area contributed by atoms with E-state index >= 15 is 0 Å². The van der Waals surface area contributed by atoms with Crippen molar-refractivity contribution in [2.24, 2.45) is 11.1 Å². The summed E-state index contributed by atoms with van der Waals surface area (Å²) < 4.78 is 22.4. The van der Waals surface area contributed by atoms with Crippen molar-refractivity contribution in [2.45, 2.75) is 49.3 Å². The molecular weight excluding hydrogens is 296 g/mol. The largest absolute Gasteiger partial charge is 0.353 e. The lowest BCUT2D eigenvalue weighted by atomic mass is 10.00. The first-order valence-electron chi connectivity index (χ1n) is 6.77. The third kappa shape index (κ3) is 4.04. The predicted molar refractivity (Wildman–Crippen MR) is 79.0 cm³/mol. The van der Waals surface area contributed by atoms with E-state index in [9.17, 15) is 13.2 Å². The Kier molecular flexibility index (Phi) is 4.82. The monoisotopic (exact) mass is 316 g/mol. The van der Waals surface area contributed by atoms with Gasteiger partial charge in [-0.05, 0) is 37.8 Å². The molecule has 1 atom stereocenters. The fraction of sp³-hybridized carbons (Fsp3) is 0.615. The molecule has 1 aromatic heterocycles. The van der Waals surface area contributed by atoms with Crippen molar-refractivity contribution in [3.8, 4) is 0 Å². The van der Waals surface area contributed by atoms with Gasteiger partial charge in [-0.25, -0.2) is 13.6 Å². The van der Waals surface area contributed by atoms with Crippen LogP contribution < -0.4 is 10.5 Å². The highest BCUT2D eigenvalue weighted by Gasteiger charge is 2.23. The minimum Gasteiger partial charge on any atom is -0.353 e. The van der Waals surface area contributed by atoms with Crippen molar-refractivity contribution >= 4 is 27.3 Å². The second-order valence-electron chi connectivity index (χ2n) is 5.34. The smallest absolute Gasteiger partial charge is 0.247 e. The van der Waals surface area contributed by atoms with Gasteiger partial charge < -0.3 is 5.32 Å². The Hall–Kier alpha value is -0.920. The summed E-state index contributed by atoms with van der Waals surface area (Å²) in [7, 11) is -3.67. The maximum Gasteiger partial charge on any atom is 0.247 e. The average Bonchev–Trinajstić information content (AvgIpc) is 2.97. The van der Waals surface area contributed by atoms with E-state index in [0.717, 1.165) is 11.3 Å². The Balaban J connectivity index is 1.89. The Bertz CT molecular complexity index is 574. The van der Waals surface area contributed by atoms with E-state index in [2.05, 4.69) is 5.32 Å². The van der Waals surface area contributed by atoms with Gasteiger partial charge in [-0.2, -0.15) is 0 Å². The molecule has 1 aromatic rings. The van der Waals surface area contributed by atoms with Crippen LogP contribution in [0.15, 0.2) is 16.3 Å². The number of carbonyl (C=O) groups excluding carboxylic acids is 1. The van der Waals surface area contributed by atoms with E-state index in [1.165, 1.54) is 31.7 Å². The predicted octanol–water partition coefficient (Wildman–Crippen LogP) is 1.63. The molecule has 20 heavy (non-hydrogen) atoms. The van der Waals surface area contributed by atoms with E-state index in [1.807, 2.05) is 6.92 Å². The maximum atomic E-state index is 12.0. The second kappa shape index (κ2) is 6.24. The molecular formula is C13H20N2O3S2. The molecule has 1 fully saturated rings. The van der Waals surface area contributed by atoms with Crippen LogP contribution in [0, 0.1) is 5.92 Å². The quantitative estimate of drug-likeness (QED) is 0.865. The molecule has 7 heteroatoms. The summed E-state index contributed by atoms with van der Waals surface area (Å²) in [5, 5.41) is 8.05. The van der Waals surface area contributed by atoms with E-state index in [4.69, 9.17) is 5.14 Å². The summed E-state index contributed by atoms with van der Waals surface area (Å²) in [5.41, 5.74) is 0. The van der Waals surface area contributed by atoms with E-state index in [0.29, 0.717) is 10.8 Å². The number of nitrogens with one attached hydrogen (secondary N) is 1. The zero-order valence-corrected chi connectivity index (χ0v) is 13.1. The summed E-state index contributed by atoms with van der Waals surface area (Å²) in [6, 6.07) is 3.27. The van der Waals surface area contributed by atoms with Crippen LogP contribution in [0.25, 0.3) is 0 Å². The number of hydrogen-bond donors (Lipinski definition) is 2. The number of hydrogen-bond acceptors (Lipinski definition) is 4. The standard InChI is InChI=1S/C13H20N2O3S2/c1-9(10-4-2-3-5-10)15-12(16)8-11-6-7-13(19-11)20(14,17)18/h6-7,9-10H,2-5,8H2,1H3,(H,15,16)(H2,14,17,18). The van der Waals surface area contributed by atoms with Gasteiger partial charge in [0, 0.05) is 10.9 Å². The van der Waals surface area contributed by atoms with Crippen molar-refractivity contribution in [1.82, 2.24) is 5.32 Å². The minimum absolute atomic E-state index is 0.0628. The van der Waals surface area contributed by atoms with Crippen LogP contribution in [0.2, 0.25) is 0 Å². The number of sulfonamides is 1. The molecule has 3 N–H and O–H groups in total. The van der Waals surface area contributed by atoms with Gasteiger partial charge in [0.15, 0.2) is 0 Å². The lowest BCUT2D eigenvalue weighted by molar-refractivity contribution is -0.121. The van der Waals surface area contributed by atoms with Crippen molar-refractivity contribution in [3.05, 3.63) is 17.0 Å². The van der Waals surface area contributed by atoms with Gasteiger partial charge in [-0.1, -0.05) is 12.8 Å². The Labute approximate surface area is 123 Å². The van der Waals surface area contributed by atoms with Crippen LogP contribution in [0.3, 0.4) is 0 Å². The van der Waals surface area contributed by atoms with Crippen LogP contribution in [-0.2, 0) is 21.2 Å². The molecule has 0 aromatic carbocycles. The molecule has 1 aliphatic carbocycles. The zero-order chi connectivity index (χ0) is 14.8.